The van der Waals surface area contributed by atoms with Crippen molar-refractivity contribution in [3.05, 3.63) is 111 Å². The van der Waals surface area contributed by atoms with Crippen LogP contribution in [0.15, 0.2) is 89.0 Å². The molecule has 0 amide bonds. The van der Waals surface area contributed by atoms with Gasteiger partial charge >= 0.3 is 342 Å². The summed E-state index contributed by atoms with van der Waals surface area (Å²) in [7, 11) is -2.78. The van der Waals surface area contributed by atoms with E-state index < -0.39 is 8.07 Å². The van der Waals surface area contributed by atoms with E-state index in [4.69, 9.17) is 0 Å². The standard InChI is InChI=1S/C51H75Si.3ClH.Ti/c1-9-13-17-22-28-44-34-45(29-23-18-14-10-2)37-49(36-44)52(48-32-26-21-27-33-48,51-42(7)40(5)41(6)43(51)8)50-38-46(30-24-19-15-11-3)35-47(39-50)31-25-20-16-12-4;;;;/h21,26-27,32-39H,9-20,22-25,28-31H2,1-8H3;3*1H;/q;;;;+3/p-3. The summed E-state index contributed by atoms with van der Waals surface area (Å²) >= 11 is 2.68. The smallest absolute Gasteiger partial charge is 1.00 e. The Labute approximate surface area is 377 Å². The Bertz CT molecular complexity index is 1490. The third kappa shape index (κ3) is 12.7. The first-order chi connectivity index (χ1) is 25.7. The second kappa shape index (κ2) is 26.9. The van der Waals surface area contributed by atoms with Crippen LogP contribution in [-0.2, 0) is 46.1 Å². The minimum absolute atomic E-state index is 0. The van der Waals surface area contributed by atoms with Gasteiger partial charge in [-0.15, -0.1) is 0 Å². The predicted molar refractivity (Wildman–Crippen MR) is 235 cm³/mol. The van der Waals surface area contributed by atoms with Crippen LogP contribution in [0, 0.1) is 0 Å². The maximum absolute atomic E-state index is 2.78. The van der Waals surface area contributed by atoms with E-state index in [1.807, 2.05) is 0 Å². The molecule has 0 heterocycles. The number of benzene rings is 3. The second-order valence-corrected chi connectivity index (χ2v) is 22.6. The van der Waals surface area contributed by atoms with E-state index in [-0.39, 0.29) is 40.6 Å². The zero-order valence-electron chi connectivity index (χ0n) is 36.6. The quantitative estimate of drug-likeness (QED) is 0.0704. The van der Waals surface area contributed by atoms with Crippen LogP contribution in [0.4, 0.5) is 0 Å². The molecular formula is C51H75Cl3SiTi. The van der Waals surface area contributed by atoms with Crippen molar-refractivity contribution in [2.45, 2.75) is 187 Å². The van der Waals surface area contributed by atoms with Crippen LogP contribution in [0.1, 0.15) is 180 Å². The number of halogens is 3. The van der Waals surface area contributed by atoms with Crippen molar-refractivity contribution in [1.29, 1.82) is 0 Å². The van der Waals surface area contributed by atoms with E-state index in [1.165, 1.54) is 140 Å². The van der Waals surface area contributed by atoms with Gasteiger partial charge in [0.15, 0.2) is 0 Å². The van der Waals surface area contributed by atoms with Crippen molar-refractivity contribution in [3.63, 3.8) is 0 Å². The minimum atomic E-state index is -2.78. The molecule has 0 fully saturated rings. The molecule has 0 radical (unpaired) electrons. The molecular weight excluding hydrogens is 795 g/mol. The molecule has 56 heavy (non-hydrogen) atoms. The molecule has 0 aliphatic heterocycles. The minimum Gasteiger partial charge on any atom is -1.00 e. The van der Waals surface area contributed by atoms with Crippen LogP contribution >= 0.6 is 0 Å². The van der Waals surface area contributed by atoms with Gasteiger partial charge < -0.3 is 37.2 Å². The third-order valence-electron chi connectivity index (χ3n) is 12.8. The zero-order valence-corrected chi connectivity index (χ0v) is 41.5. The van der Waals surface area contributed by atoms with E-state index in [2.05, 4.69) is 143 Å². The summed E-state index contributed by atoms with van der Waals surface area (Å²) in [6.45, 7) is 19.2. The molecule has 4 rings (SSSR count). The number of aryl methyl sites for hydroxylation is 4. The van der Waals surface area contributed by atoms with Crippen molar-refractivity contribution < 1.29 is 57.7 Å². The topological polar surface area (TPSA) is 0 Å². The van der Waals surface area contributed by atoms with E-state index in [0.717, 1.165) is 0 Å². The second-order valence-electron chi connectivity index (χ2n) is 16.7. The number of allylic oxidation sites excluding steroid dienone is 4. The molecule has 0 atom stereocenters. The summed E-state index contributed by atoms with van der Waals surface area (Å²) in [6.07, 6.45) is 25.7. The monoisotopic (exact) mass is 868 g/mol. The summed E-state index contributed by atoms with van der Waals surface area (Å²) in [5, 5.41) is 4.86. The summed E-state index contributed by atoms with van der Waals surface area (Å²) in [6, 6.07) is 28.2. The summed E-state index contributed by atoms with van der Waals surface area (Å²) < 4.78 is -0.0802. The van der Waals surface area contributed by atoms with Crippen molar-refractivity contribution >= 4 is 23.6 Å². The first-order valence-corrected chi connectivity index (χ1v) is 24.9. The Morgan fingerprint density at radius 2 is 0.714 bits per heavy atom. The van der Waals surface area contributed by atoms with E-state index in [0.29, 0.717) is 0 Å². The van der Waals surface area contributed by atoms with Crippen molar-refractivity contribution in [2.24, 2.45) is 0 Å². The Kier molecular flexibility index (Phi) is 25.5. The van der Waals surface area contributed by atoms with Gasteiger partial charge in [-0.2, -0.15) is 0 Å². The molecule has 0 saturated carbocycles. The van der Waals surface area contributed by atoms with Gasteiger partial charge in [-0.05, 0) is 0 Å². The van der Waals surface area contributed by atoms with Gasteiger partial charge in [-0.25, -0.2) is 0 Å². The van der Waals surface area contributed by atoms with Crippen LogP contribution in [0.25, 0.3) is 0 Å². The summed E-state index contributed by atoms with van der Waals surface area (Å²) in [5.41, 5.74) is 12.5. The number of rotatable bonds is 24. The van der Waals surface area contributed by atoms with Crippen LogP contribution in [0.5, 0.6) is 0 Å². The molecule has 1 aliphatic rings. The molecule has 3 aromatic rings. The summed E-state index contributed by atoms with van der Waals surface area (Å²) in [4.78, 5) is 0. The number of unbranched alkanes of at least 4 members (excludes halogenated alkanes) is 12. The fraction of sp³-hybridized carbons (Fsp3) is 0.569. The number of hydrogen-bond donors (Lipinski definition) is 0. The molecule has 0 N–H and O–H groups in total. The van der Waals surface area contributed by atoms with E-state index in [1.54, 1.807) is 49.0 Å². The molecule has 0 unspecified atom stereocenters. The largest absolute Gasteiger partial charge is 1.00 e. The van der Waals surface area contributed by atoms with E-state index >= 15 is 0 Å². The Balaban J connectivity index is 0.00000523. The van der Waals surface area contributed by atoms with Gasteiger partial charge in [0.2, 0.25) is 0 Å². The average Bonchev–Trinajstić information content (AvgIpc) is 3.31. The normalized spacial score (nSPS) is 13.8. The molecule has 5 heteroatoms. The van der Waals surface area contributed by atoms with Crippen molar-refractivity contribution in [3.8, 4) is 0 Å². The maximum atomic E-state index is 2.74. The first-order valence-electron chi connectivity index (χ1n) is 22.1. The third-order valence-corrected chi connectivity index (χ3v) is 21.1. The Morgan fingerprint density at radius 3 is 1.00 bits per heavy atom. The Hall–Kier alpha value is -1.06. The SMILES string of the molecule is CCCCCCc1cc(CCCCCC)cc([Si](c2ccccc2)(c2cc(CCCCCC)cc(CCCCCC)c2)[C]2([Ti+3])C(C)=C(C)C(C)=C2C)c1.[Cl-].[Cl-].[Cl-]. The molecule has 0 spiro atoms. The van der Waals surface area contributed by atoms with Crippen LogP contribution in [0.2, 0.25) is 3.34 Å². The average molecular weight is 870 g/mol. The first kappa shape index (κ1) is 53.0. The van der Waals surface area contributed by atoms with Gasteiger partial charge in [0.25, 0.3) is 0 Å². The molecule has 3 aromatic carbocycles. The van der Waals surface area contributed by atoms with Gasteiger partial charge in [0, 0.05) is 0 Å². The number of hydrogen-bond acceptors (Lipinski definition) is 0. The van der Waals surface area contributed by atoms with Crippen molar-refractivity contribution in [1.82, 2.24) is 0 Å². The van der Waals surface area contributed by atoms with Crippen LogP contribution < -0.4 is 52.8 Å². The zero-order chi connectivity index (χ0) is 38.3. The predicted octanol–water partition coefficient (Wildman–Crippen LogP) is 4.59. The van der Waals surface area contributed by atoms with Gasteiger partial charge in [0.05, 0.1) is 0 Å². The van der Waals surface area contributed by atoms with Crippen LogP contribution in [0.3, 0.4) is 0 Å². The Morgan fingerprint density at radius 1 is 0.411 bits per heavy atom. The molecule has 0 aromatic heterocycles. The van der Waals surface area contributed by atoms with Gasteiger partial charge in [-0.3, -0.25) is 0 Å². The fourth-order valence-corrected chi connectivity index (χ4v) is 18.1. The molecule has 0 nitrogen and oxygen atoms in total. The van der Waals surface area contributed by atoms with Crippen molar-refractivity contribution in [2.75, 3.05) is 0 Å². The molecule has 308 valence electrons. The molecule has 0 saturated heterocycles. The van der Waals surface area contributed by atoms with Gasteiger partial charge in [-0.1, -0.05) is 0 Å². The maximum Gasteiger partial charge on any atom is -1.00 e. The van der Waals surface area contributed by atoms with E-state index in [9.17, 15) is 0 Å². The van der Waals surface area contributed by atoms with Crippen LogP contribution in [-0.4, -0.2) is 8.07 Å². The fourth-order valence-electron chi connectivity index (χ4n) is 9.37. The molecule has 1 aliphatic carbocycles. The molecule has 0 bridgehead atoms. The summed E-state index contributed by atoms with van der Waals surface area (Å²) in [5.74, 6) is 0. The van der Waals surface area contributed by atoms with Gasteiger partial charge in [0.1, 0.15) is 0 Å².